The molecule has 0 radical (unpaired) electrons. The molecule has 0 amide bonds. The molecule has 70 heavy (non-hydrogen) atoms. The zero-order valence-electron chi connectivity index (χ0n) is 41.9. The van der Waals surface area contributed by atoms with E-state index >= 15 is 0 Å². The fraction of sp³-hybridized carbons (Fsp3) is 0.219. The van der Waals surface area contributed by atoms with Crippen LogP contribution in [0.5, 0.6) is 11.5 Å². The summed E-state index contributed by atoms with van der Waals surface area (Å²) in [5.74, 6) is 2.04. The summed E-state index contributed by atoms with van der Waals surface area (Å²) in [6.07, 6.45) is 4.14. The van der Waals surface area contributed by atoms with E-state index in [0.29, 0.717) is 11.5 Å². The zero-order valence-corrected chi connectivity index (χ0v) is 44.2. The average molecular weight is 1100 g/mol. The molecule has 356 valence electrons. The molecule has 5 nitrogen and oxygen atoms in total. The van der Waals surface area contributed by atoms with Gasteiger partial charge in [0.15, 0.2) is 0 Å². The van der Waals surface area contributed by atoms with Crippen LogP contribution in [0.1, 0.15) is 108 Å². The number of nitrogens with zero attached hydrogens (tertiary/aromatic N) is 4. The van der Waals surface area contributed by atoms with Crippen LogP contribution in [0, 0.1) is 18.8 Å². The van der Waals surface area contributed by atoms with Crippen LogP contribution in [0.25, 0.3) is 33.3 Å². The van der Waals surface area contributed by atoms with Crippen molar-refractivity contribution < 1.29 is 25.8 Å². The fourth-order valence-electron chi connectivity index (χ4n) is 9.54. The van der Waals surface area contributed by atoms with Crippen molar-refractivity contribution in [3.8, 4) is 17.3 Å². The molecule has 0 saturated heterocycles. The molecule has 1 aliphatic rings. The van der Waals surface area contributed by atoms with Crippen molar-refractivity contribution in [1.29, 1.82) is 0 Å². The van der Waals surface area contributed by atoms with Crippen LogP contribution < -0.4 is 14.5 Å². The Morgan fingerprint density at radius 3 is 1.74 bits per heavy atom. The summed E-state index contributed by atoms with van der Waals surface area (Å²) >= 11 is 0. The molecule has 0 unspecified atom stereocenters. The second-order valence-corrected chi connectivity index (χ2v) is 21.6. The van der Waals surface area contributed by atoms with Gasteiger partial charge in [-0.2, -0.15) is 6.07 Å². The Labute approximate surface area is 429 Å². The van der Waals surface area contributed by atoms with E-state index in [1.165, 1.54) is 27.8 Å². The molecule has 0 N–H and O–H groups in total. The maximum absolute atomic E-state index is 6.90. The molecular formula is C64H61N4OPt-3. The molecular weight excluding hydrogens is 1040 g/mol. The zero-order chi connectivity index (χ0) is 48.3. The Morgan fingerprint density at radius 1 is 0.500 bits per heavy atom. The Bertz CT molecular complexity index is 3360. The predicted octanol–water partition coefficient (Wildman–Crippen LogP) is 16.3. The fourth-order valence-corrected chi connectivity index (χ4v) is 9.54. The van der Waals surface area contributed by atoms with E-state index in [-0.39, 0.29) is 42.7 Å². The van der Waals surface area contributed by atoms with Gasteiger partial charge in [0, 0.05) is 66.5 Å². The third kappa shape index (κ3) is 9.25. The summed E-state index contributed by atoms with van der Waals surface area (Å²) in [6, 6.07) is 68.0. The molecule has 0 fully saturated rings. The number of anilines is 2. The van der Waals surface area contributed by atoms with Crippen LogP contribution in [0.3, 0.4) is 0 Å². The topological polar surface area (TPSA) is 33.5 Å². The SMILES string of the molecule is CC(C)(C)c1cc(Oc2[c-]c3c(cc2)c2ccccc2n3-c2cc(C(C)(C)c3ccccc3)ccn2)[c-]c(N2C=C(c3ccccc3)N(c3cc(C(C)(C)C)cc(C(C)(C)c4ccccc4)c3)[CH-]2)c1.[Pt]. The van der Waals surface area contributed by atoms with Crippen LogP contribution in [-0.2, 0) is 42.7 Å². The number of aromatic nitrogens is 2. The van der Waals surface area contributed by atoms with E-state index in [0.717, 1.165) is 55.8 Å². The maximum atomic E-state index is 6.90. The molecule has 2 aromatic heterocycles. The van der Waals surface area contributed by atoms with Gasteiger partial charge in [-0.25, -0.2) is 4.98 Å². The molecule has 10 rings (SSSR count). The Kier molecular flexibility index (Phi) is 12.8. The van der Waals surface area contributed by atoms with Crippen LogP contribution in [0.4, 0.5) is 11.4 Å². The van der Waals surface area contributed by atoms with Gasteiger partial charge in [0.2, 0.25) is 0 Å². The van der Waals surface area contributed by atoms with E-state index in [1.54, 1.807) is 0 Å². The van der Waals surface area contributed by atoms with Gasteiger partial charge >= 0.3 is 0 Å². The van der Waals surface area contributed by atoms with Crippen LogP contribution >= 0.6 is 0 Å². The van der Waals surface area contributed by atoms with E-state index in [9.17, 15) is 0 Å². The average Bonchev–Trinajstić information content (AvgIpc) is 3.94. The largest absolute Gasteiger partial charge is 0.509 e. The van der Waals surface area contributed by atoms with Crippen molar-refractivity contribution in [2.45, 2.75) is 90.9 Å². The molecule has 0 bridgehead atoms. The number of hydrogen-bond donors (Lipinski definition) is 0. The first kappa shape index (κ1) is 48.3. The molecule has 0 spiro atoms. The number of ether oxygens (including phenoxy) is 1. The smallest absolute Gasteiger partial charge is 0.135 e. The van der Waals surface area contributed by atoms with Crippen molar-refractivity contribution in [2.75, 3.05) is 9.80 Å². The minimum Gasteiger partial charge on any atom is -0.509 e. The number of benzene rings is 7. The van der Waals surface area contributed by atoms with Crippen LogP contribution in [0.2, 0.25) is 0 Å². The summed E-state index contributed by atoms with van der Waals surface area (Å²) in [6.45, 7) is 25.0. The second-order valence-electron chi connectivity index (χ2n) is 21.6. The second kappa shape index (κ2) is 18.6. The summed E-state index contributed by atoms with van der Waals surface area (Å²) < 4.78 is 9.11. The molecule has 6 heteroatoms. The number of rotatable bonds is 10. The predicted molar refractivity (Wildman–Crippen MR) is 287 cm³/mol. The number of hydrogen-bond acceptors (Lipinski definition) is 4. The van der Waals surface area contributed by atoms with Crippen molar-refractivity contribution in [2.24, 2.45) is 0 Å². The first-order chi connectivity index (χ1) is 32.9. The van der Waals surface area contributed by atoms with Crippen molar-refractivity contribution in [1.82, 2.24) is 9.55 Å². The summed E-state index contributed by atoms with van der Waals surface area (Å²) in [5, 5.41) is 2.21. The molecule has 0 saturated carbocycles. The Morgan fingerprint density at radius 2 is 1.09 bits per heavy atom. The number of fused-ring (bicyclic) bond motifs is 3. The molecule has 1 aliphatic heterocycles. The monoisotopic (exact) mass is 1100 g/mol. The van der Waals surface area contributed by atoms with Gasteiger partial charge in [-0.15, -0.1) is 53.6 Å². The maximum Gasteiger partial charge on any atom is 0.135 e. The third-order valence-electron chi connectivity index (χ3n) is 14.1. The van der Waals surface area contributed by atoms with Gasteiger partial charge in [0.1, 0.15) is 5.82 Å². The van der Waals surface area contributed by atoms with E-state index in [4.69, 9.17) is 9.72 Å². The van der Waals surface area contributed by atoms with E-state index in [2.05, 4.69) is 272 Å². The van der Waals surface area contributed by atoms with Gasteiger partial charge in [0.25, 0.3) is 0 Å². The summed E-state index contributed by atoms with van der Waals surface area (Å²) in [5.41, 5.74) is 12.8. The minimum absolute atomic E-state index is 0. The van der Waals surface area contributed by atoms with Crippen LogP contribution in [0.15, 0.2) is 182 Å². The molecule has 0 atom stereocenters. The Hall–Kier alpha value is -6.68. The quantitative estimate of drug-likeness (QED) is 0.128. The van der Waals surface area contributed by atoms with Gasteiger partial charge in [-0.05, 0) is 86.1 Å². The normalized spacial score (nSPS) is 13.4. The molecule has 7 aromatic carbocycles. The van der Waals surface area contributed by atoms with E-state index in [1.807, 2.05) is 12.3 Å². The van der Waals surface area contributed by atoms with Crippen molar-refractivity contribution in [3.05, 3.63) is 240 Å². The molecule has 0 aliphatic carbocycles. The van der Waals surface area contributed by atoms with Crippen molar-refractivity contribution in [3.63, 3.8) is 0 Å². The Balaban J connectivity index is 0.00000608. The summed E-state index contributed by atoms with van der Waals surface area (Å²) in [7, 11) is 0. The van der Waals surface area contributed by atoms with E-state index < -0.39 is 0 Å². The van der Waals surface area contributed by atoms with Gasteiger partial charge in [0.05, 0.1) is 0 Å². The summed E-state index contributed by atoms with van der Waals surface area (Å²) in [4.78, 5) is 9.50. The number of para-hydroxylation sites is 1. The first-order valence-corrected chi connectivity index (χ1v) is 24.1. The van der Waals surface area contributed by atoms with Gasteiger partial charge in [-0.3, -0.25) is 0 Å². The van der Waals surface area contributed by atoms with Crippen molar-refractivity contribution >= 4 is 38.9 Å². The van der Waals surface area contributed by atoms with Gasteiger partial charge in [-0.1, -0.05) is 190 Å². The third-order valence-corrected chi connectivity index (χ3v) is 14.1. The van der Waals surface area contributed by atoms with Crippen LogP contribution in [-0.4, -0.2) is 9.55 Å². The minimum atomic E-state index is -0.235. The molecule has 9 aromatic rings. The van der Waals surface area contributed by atoms with Gasteiger partial charge < -0.3 is 19.1 Å². The molecule has 3 heterocycles. The first-order valence-electron chi connectivity index (χ1n) is 24.1. The number of pyridine rings is 1. The standard InChI is InChI=1S/C64H61N4O.Pt/c1-61(2,3)48-34-50(64(9,10)46-26-18-13-19-27-46)37-52(36-48)67-43-66(42-59(67)44-22-14-11-15-23-44)51-35-49(62(4,5)6)38-54(40-51)69-53-30-31-56-55-28-20-21-29-57(55)68(58(56)41-53)60-39-47(32-33-65-60)63(7,8)45-24-16-12-17-25-45;/h11-39,42-43H,1-10H3;/q-3;.